The van der Waals surface area contributed by atoms with Crippen LogP contribution in [0.3, 0.4) is 0 Å². The van der Waals surface area contributed by atoms with Gasteiger partial charge in [-0.05, 0) is 106 Å². The summed E-state index contributed by atoms with van der Waals surface area (Å²) in [5.74, 6) is -2.59. The van der Waals surface area contributed by atoms with Crippen LogP contribution in [0.1, 0.15) is 137 Å². The van der Waals surface area contributed by atoms with Crippen LogP contribution in [0.2, 0.25) is 0 Å². The summed E-state index contributed by atoms with van der Waals surface area (Å²) in [6.07, 6.45) is -4.75. The number of carbonyl (C=O) groups excluding carboxylic acids is 1. The number of hydrogen-bond acceptors (Lipinski definition) is 18. The number of nitrogens with zero attached hydrogens (tertiary/aromatic N) is 6. The third-order valence-corrected chi connectivity index (χ3v) is 16.2. The third kappa shape index (κ3) is 14.4. The number of oxime groups is 1. The number of alkyl halides is 1. The second kappa shape index (κ2) is 25.7. The van der Waals surface area contributed by atoms with Crippen molar-refractivity contribution in [2.45, 2.75) is 211 Å². The maximum absolute atomic E-state index is 14.8. The van der Waals surface area contributed by atoms with Gasteiger partial charge in [0.15, 0.2) is 12.6 Å². The number of aliphatic hydroxyl groups is 4. The van der Waals surface area contributed by atoms with Crippen molar-refractivity contribution in [2.24, 2.45) is 22.9 Å². The number of benzene rings is 1. The lowest BCUT2D eigenvalue weighted by Crippen LogP contribution is -2.59. The first-order chi connectivity index (χ1) is 34.2. The summed E-state index contributed by atoms with van der Waals surface area (Å²) in [7, 11) is 6.91. The molecule has 0 radical (unpaired) electrons. The van der Waals surface area contributed by atoms with E-state index < -0.39 is 109 Å². The number of rotatable bonds is 16. The molecule has 416 valence electrons. The van der Waals surface area contributed by atoms with E-state index in [-0.39, 0.29) is 37.3 Å². The molecule has 0 aliphatic carbocycles. The van der Waals surface area contributed by atoms with Gasteiger partial charge < -0.3 is 68.6 Å². The van der Waals surface area contributed by atoms with E-state index in [2.05, 4.69) is 20.4 Å². The summed E-state index contributed by atoms with van der Waals surface area (Å²) in [6, 6.07) is 5.84. The molecule has 0 unspecified atom stereocenters. The fourth-order valence-electron chi connectivity index (χ4n) is 11.5. The lowest BCUT2D eigenvalue weighted by Gasteiger charge is -2.48. The van der Waals surface area contributed by atoms with Crippen LogP contribution in [-0.4, -0.2) is 194 Å². The number of ether oxygens (including phenoxy) is 7. The Kier molecular flexibility index (Phi) is 21.4. The van der Waals surface area contributed by atoms with E-state index in [9.17, 15) is 34.8 Å². The zero-order valence-electron chi connectivity index (χ0n) is 46.1. The summed E-state index contributed by atoms with van der Waals surface area (Å²) in [4.78, 5) is 18.7. The van der Waals surface area contributed by atoms with Gasteiger partial charge in [-0.15, -0.1) is 5.10 Å². The van der Waals surface area contributed by atoms with E-state index in [4.69, 9.17) is 33.2 Å². The Morgan fingerprint density at radius 1 is 0.986 bits per heavy atom. The monoisotopic (exact) mass is 1040 g/mol. The molecule has 3 aliphatic rings. The highest BCUT2D eigenvalue weighted by molar-refractivity contribution is 5.98. The summed E-state index contributed by atoms with van der Waals surface area (Å²) < 4.78 is 60.7. The number of aromatic nitrogens is 3. The van der Waals surface area contributed by atoms with Crippen molar-refractivity contribution in [1.29, 1.82) is 0 Å². The molecule has 3 aliphatic heterocycles. The molecule has 73 heavy (non-hydrogen) atoms. The van der Waals surface area contributed by atoms with Gasteiger partial charge in [0.05, 0.1) is 52.9 Å². The SMILES string of the molecule is CC[C@H]1OC(=O)[C@H](C)[C@@H](O[C@H]2C[C@@](C)(OC)[C@@H](O)[C@H](C)O2)[C@H](C)[C@@H](O[C@H]2C[C@@H](N(C)CCc3cn([C@H](CF)[C@H](OC)c4ccc(/C(C)=N\O)cc4)nn3)C[C@@H](C)O2)[C@](C)(O)C[C@@H](C)CN(C)[C@H](C)[C@@H](O)[C@]1(C)O. The zero-order valence-corrected chi connectivity index (χ0v) is 46.1. The lowest BCUT2D eigenvalue weighted by atomic mass is 9.77. The quantitative estimate of drug-likeness (QED) is 0.0627. The molecule has 0 saturated carbocycles. The average molecular weight is 1040 g/mol. The molecule has 1 aromatic heterocycles. The van der Waals surface area contributed by atoms with Crippen molar-refractivity contribution in [3.63, 3.8) is 0 Å². The normalized spacial score (nSPS) is 38.9. The highest BCUT2D eigenvalue weighted by atomic mass is 19.1. The first-order valence-corrected chi connectivity index (χ1v) is 26.1. The molecule has 2 aromatic rings. The van der Waals surface area contributed by atoms with Crippen molar-refractivity contribution in [1.82, 2.24) is 24.8 Å². The number of halogens is 1. The fourth-order valence-corrected chi connectivity index (χ4v) is 11.5. The van der Waals surface area contributed by atoms with E-state index in [1.165, 1.54) is 25.8 Å². The molecule has 0 bridgehead atoms. The van der Waals surface area contributed by atoms with Crippen LogP contribution in [-0.2, 0) is 44.4 Å². The molecule has 1 aromatic carbocycles. The Morgan fingerprint density at radius 2 is 1.66 bits per heavy atom. The highest BCUT2D eigenvalue weighted by Gasteiger charge is 2.52. The summed E-state index contributed by atoms with van der Waals surface area (Å²) in [6.45, 7) is 19.8. The number of esters is 1. The van der Waals surface area contributed by atoms with Crippen LogP contribution in [0.5, 0.6) is 0 Å². The van der Waals surface area contributed by atoms with Gasteiger partial charge in [-0.3, -0.25) is 4.79 Å². The van der Waals surface area contributed by atoms with Gasteiger partial charge in [-0.1, -0.05) is 55.4 Å². The van der Waals surface area contributed by atoms with Crippen molar-refractivity contribution in [2.75, 3.05) is 48.1 Å². The van der Waals surface area contributed by atoms with E-state index in [1.807, 2.05) is 58.8 Å². The van der Waals surface area contributed by atoms with Crippen LogP contribution < -0.4 is 0 Å². The second-order valence-electron chi connectivity index (χ2n) is 22.2. The van der Waals surface area contributed by atoms with E-state index in [0.717, 1.165) is 11.1 Å². The minimum absolute atomic E-state index is 0.0271. The number of methoxy groups -OCH3 is 2. The van der Waals surface area contributed by atoms with Gasteiger partial charge in [-0.2, -0.15) is 0 Å². The van der Waals surface area contributed by atoms with Crippen LogP contribution in [0.4, 0.5) is 4.39 Å². The molecule has 5 rings (SSSR count). The largest absolute Gasteiger partial charge is 0.459 e. The molecule has 0 amide bonds. The number of likely N-dealkylation sites (N-methyl/N-ethyl adjacent to an activating group) is 2. The number of cyclic esters (lactones) is 1. The standard InChI is InChI=1S/C53H89FN6O13/c1-16-42-53(11,65)47(61)35(7)59(13)28-30(2)25-51(9,64)49(32(4)45(33(5)50(63)71-42)72-44-26-52(10,68-15)48(62)36(8)70-44)73-43-24-40(23-31(3)69-43)58(12)22-21-39-29-60(57-55-39)41(27-54)46(67-14)38-19-17-37(18-20-38)34(6)56-66/h17-20,29-33,35-36,40-49,61-62,64-66H,16,21-28H2,1-15H3/b56-34-/t30-,31-,32+,33-,35-,36+,40+,41-,42-,43+,44+,45+,46-,47-,48+,49-,51-,52-,53-/m1/s1. The topological polar surface area (TPSA) is 232 Å². The Morgan fingerprint density at radius 3 is 2.26 bits per heavy atom. The maximum atomic E-state index is 14.8. The van der Waals surface area contributed by atoms with Crippen LogP contribution >= 0.6 is 0 Å². The summed E-state index contributed by atoms with van der Waals surface area (Å²) in [5, 5.41) is 68.7. The Bertz CT molecular complexity index is 2060. The van der Waals surface area contributed by atoms with Gasteiger partial charge in [-0.25, -0.2) is 9.07 Å². The lowest BCUT2D eigenvalue weighted by molar-refractivity contribution is -0.308. The predicted octanol–water partition coefficient (Wildman–Crippen LogP) is 5.23. The first kappa shape index (κ1) is 60.6. The summed E-state index contributed by atoms with van der Waals surface area (Å²) in [5.41, 5.74) is -1.83. The number of carbonyl (C=O) groups is 1. The van der Waals surface area contributed by atoms with Crippen LogP contribution in [0, 0.1) is 17.8 Å². The maximum Gasteiger partial charge on any atom is 0.311 e. The average Bonchev–Trinajstić information content (AvgIpc) is 3.83. The van der Waals surface area contributed by atoms with Gasteiger partial charge >= 0.3 is 5.97 Å². The number of hydrogen-bond donors (Lipinski definition) is 5. The van der Waals surface area contributed by atoms with Gasteiger partial charge in [0.25, 0.3) is 0 Å². The van der Waals surface area contributed by atoms with Gasteiger partial charge in [0, 0.05) is 70.8 Å². The van der Waals surface area contributed by atoms with E-state index in [1.54, 1.807) is 59.9 Å². The number of aliphatic hydroxyl groups excluding tert-OH is 2. The molecule has 19 nitrogen and oxygen atoms in total. The van der Waals surface area contributed by atoms with E-state index >= 15 is 0 Å². The zero-order chi connectivity index (χ0) is 54.3. The molecule has 0 spiro atoms. The Balaban J connectivity index is 1.41. The Labute approximate surface area is 432 Å². The molecule has 19 atom stereocenters. The van der Waals surface area contributed by atoms with Crippen molar-refractivity contribution in [3.05, 3.63) is 47.3 Å². The van der Waals surface area contributed by atoms with E-state index in [0.29, 0.717) is 43.8 Å². The fraction of sp³-hybridized carbons (Fsp3) is 0.811. The molecular weight excluding hydrogens is 948 g/mol. The van der Waals surface area contributed by atoms with Crippen LogP contribution in [0.15, 0.2) is 35.6 Å². The minimum atomic E-state index is -1.83. The van der Waals surface area contributed by atoms with Gasteiger partial charge in [0.2, 0.25) is 0 Å². The van der Waals surface area contributed by atoms with Crippen molar-refractivity contribution < 1.29 is 68.0 Å². The van der Waals surface area contributed by atoms with Crippen molar-refractivity contribution in [3.8, 4) is 0 Å². The molecule has 5 N–H and O–H groups in total. The second-order valence-corrected chi connectivity index (χ2v) is 22.2. The molecular formula is C53H89FN6O13. The summed E-state index contributed by atoms with van der Waals surface area (Å²) >= 11 is 0. The van der Waals surface area contributed by atoms with Gasteiger partial charge in [0.1, 0.15) is 42.7 Å². The highest BCUT2D eigenvalue weighted by Crippen LogP contribution is 2.40. The smallest absolute Gasteiger partial charge is 0.311 e. The molecule has 3 fully saturated rings. The minimum Gasteiger partial charge on any atom is -0.459 e. The Hall–Kier alpha value is -3.25. The predicted molar refractivity (Wildman–Crippen MR) is 271 cm³/mol. The molecule has 3 saturated heterocycles. The molecule has 4 heterocycles. The van der Waals surface area contributed by atoms with Crippen molar-refractivity contribution >= 4 is 11.7 Å². The first-order valence-electron chi connectivity index (χ1n) is 26.1. The third-order valence-electron chi connectivity index (χ3n) is 16.2. The van der Waals surface area contributed by atoms with Crippen LogP contribution in [0.25, 0.3) is 0 Å². The molecule has 20 heteroatoms.